The van der Waals surface area contributed by atoms with Crippen LogP contribution < -0.4 is 10.5 Å². The van der Waals surface area contributed by atoms with Gasteiger partial charge in [-0.05, 0) is 50.1 Å². The summed E-state index contributed by atoms with van der Waals surface area (Å²) in [6.45, 7) is 3.96. The molecule has 0 aliphatic rings. The van der Waals surface area contributed by atoms with Crippen LogP contribution in [0.2, 0.25) is 0 Å². The Bertz CT molecular complexity index is 622. The number of benzene rings is 1. The lowest BCUT2D eigenvalue weighted by Gasteiger charge is -2.12. The number of methoxy groups -OCH3 is 1. The SMILES string of the molecule is COc1cc(C)c(C)cc1S(=O)(=O)N(CCCN)[N+]#N. The number of hydrogen-bond donors (Lipinski definition) is 1. The Balaban J connectivity index is 3.34. The van der Waals surface area contributed by atoms with Gasteiger partial charge in [-0.25, -0.2) is 0 Å². The van der Waals surface area contributed by atoms with Crippen LogP contribution >= 0.6 is 0 Å². The number of hydrogen-bond acceptors (Lipinski definition) is 5. The third-order valence-corrected chi connectivity index (χ3v) is 4.67. The molecule has 0 heterocycles. The van der Waals surface area contributed by atoms with Crippen molar-refractivity contribution in [3.05, 3.63) is 28.3 Å². The van der Waals surface area contributed by atoms with Crippen molar-refractivity contribution in [2.45, 2.75) is 25.2 Å². The van der Waals surface area contributed by atoms with E-state index in [1.165, 1.54) is 13.2 Å². The van der Waals surface area contributed by atoms with E-state index in [9.17, 15) is 8.42 Å². The average molecular weight is 299 g/mol. The number of nitrogens with zero attached hydrogens (tertiary/aromatic N) is 3. The summed E-state index contributed by atoms with van der Waals surface area (Å²) in [6.07, 6.45) is 0.385. The molecule has 0 aromatic heterocycles. The normalized spacial score (nSPS) is 10.9. The summed E-state index contributed by atoms with van der Waals surface area (Å²) in [6, 6.07) is 3.14. The van der Waals surface area contributed by atoms with Crippen LogP contribution in [-0.4, -0.2) is 33.0 Å². The second-order valence-corrected chi connectivity index (χ2v) is 6.18. The summed E-state index contributed by atoms with van der Waals surface area (Å²) in [5.41, 5.74) is 7.06. The Morgan fingerprint density at radius 2 is 1.95 bits per heavy atom. The molecule has 0 amide bonds. The molecule has 7 nitrogen and oxygen atoms in total. The predicted octanol–water partition coefficient (Wildman–Crippen LogP) is 1.42. The molecular weight excluding hydrogens is 280 g/mol. The molecule has 2 N–H and O–H groups in total. The van der Waals surface area contributed by atoms with Gasteiger partial charge in [-0.2, -0.15) is 8.42 Å². The summed E-state index contributed by atoms with van der Waals surface area (Å²) in [5.74, 6) is 0.217. The highest BCUT2D eigenvalue weighted by molar-refractivity contribution is 7.89. The molecule has 0 spiro atoms. The molecule has 0 saturated carbocycles. The van der Waals surface area contributed by atoms with Gasteiger partial charge in [0.1, 0.15) is 17.2 Å². The molecule has 8 heteroatoms. The van der Waals surface area contributed by atoms with E-state index in [1.807, 2.05) is 6.92 Å². The van der Waals surface area contributed by atoms with Crippen LogP contribution in [-0.2, 0) is 10.0 Å². The van der Waals surface area contributed by atoms with Crippen molar-refractivity contribution in [2.24, 2.45) is 5.73 Å². The highest BCUT2D eigenvalue weighted by atomic mass is 32.2. The number of sulfonamides is 1. The van der Waals surface area contributed by atoms with Gasteiger partial charge in [0, 0.05) is 0 Å². The summed E-state index contributed by atoms with van der Waals surface area (Å²) < 4.78 is 30.7. The molecule has 1 aromatic carbocycles. The van der Waals surface area contributed by atoms with E-state index < -0.39 is 10.0 Å². The largest absolute Gasteiger partial charge is 0.495 e. The molecule has 0 saturated heterocycles. The minimum atomic E-state index is -3.97. The number of nitrogens with two attached hydrogens (primary N) is 1. The smallest absolute Gasteiger partial charge is 0.329 e. The lowest BCUT2D eigenvalue weighted by molar-refractivity contribution is 0.398. The Kier molecular flexibility index (Phi) is 5.30. The molecule has 0 aliphatic heterocycles. The van der Waals surface area contributed by atoms with Crippen molar-refractivity contribution < 1.29 is 13.2 Å². The molecule has 1 aromatic rings. The van der Waals surface area contributed by atoms with Gasteiger partial charge in [-0.15, -0.1) is 0 Å². The monoisotopic (exact) mass is 299 g/mol. The van der Waals surface area contributed by atoms with E-state index in [-0.39, 0.29) is 17.2 Å². The quantitative estimate of drug-likeness (QED) is 0.632. The average Bonchev–Trinajstić information content (AvgIpc) is 2.41. The highest BCUT2D eigenvalue weighted by Gasteiger charge is 2.35. The van der Waals surface area contributed by atoms with Crippen LogP contribution in [0, 0.1) is 19.2 Å². The molecule has 110 valence electrons. The van der Waals surface area contributed by atoms with E-state index in [0.717, 1.165) is 11.1 Å². The maximum Gasteiger partial charge on any atom is 0.329 e. The van der Waals surface area contributed by atoms with E-state index in [4.69, 9.17) is 15.9 Å². The van der Waals surface area contributed by atoms with Gasteiger partial charge < -0.3 is 10.5 Å². The van der Waals surface area contributed by atoms with E-state index in [2.05, 4.69) is 5.08 Å². The maximum absolute atomic E-state index is 12.5. The van der Waals surface area contributed by atoms with Gasteiger partial charge >= 0.3 is 15.1 Å². The first kappa shape index (κ1) is 16.2. The van der Waals surface area contributed by atoms with E-state index in [1.54, 1.807) is 13.0 Å². The second kappa shape index (κ2) is 6.54. The fourth-order valence-corrected chi connectivity index (χ4v) is 3.09. The molecule has 0 bridgehead atoms. The van der Waals surface area contributed by atoms with E-state index in [0.29, 0.717) is 17.4 Å². The van der Waals surface area contributed by atoms with Crippen molar-refractivity contribution in [3.8, 4) is 5.75 Å². The molecule has 20 heavy (non-hydrogen) atoms. The Labute approximate surface area is 119 Å². The Morgan fingerprint density at radius 3 is 2.45 bits per heavy atom. The number of ether oxygens (including phenoxy) is 1. The van der Waals surface area contributed by atoms with Crippen molar-refractivity contribution in [2.75, 3.05) is 20.2 Å². The molecule has 0 atom stereocenters. The van der Waals surface area contributed by atoms with Crippen LogP contribution in [0.15, 0.2) is 17.0 Å². The Morgan fingerprint density at radius 1 is 1.35 bits per heavy atom. The first-order valence-corrected chi connectivity index (χ1v) is 7.55. The van der Waals surface area contributed by atoms with Crippen molar-refractivity contribution >= 4 is 10.0 Å². The lowest BCUT2D eigenvalue weighted by atomic mass is 10.1. The molecule has 0 unspecified atom stereocenters. The molecular formula is C12H19N4O3S+. The minimum absolute atomic E-state index is 0.00537. The zero-order valence-corrected chi connectivity index (χ0v) is 12.6. The summed E-state index contributed by atoms with van der Waals surface area (Å²) in [4.78, 5) is -0.0297. The van der Waals surface area contributed by atoms with Crippen LogP contribution in [0.1, 0.15) is 17.5 Å². The summed E-state index contributed by atoms with van der Waals surface area (Å²) in [7, 11) is -2.58. The third-order valence-electron chi connectivity index (χ3n) is 2.99. The predicted molar refractivity (Wildman–Crippen MR) is 75.1 cm³/mol. The Hall–Kier alpha value is -1.85. The lowest BCUT2D eigenvalue weighted by Crippen LogP contribution is -2.27. The number of aryl methyl sites for hydroxylation is 2. The van der Waals surface area contributed by atoms with Gasteiger partial charge in [-0.1, -0.05) is 0 Å². The zero-order chi connectivity index (χ0) is 15.3. The minimum Gasteiger partial charge on any atom is -0.495 e. The van der Waals surface area contributed by atoms with Crippen LogP contribution in [0.25, 0.3) is 5.08 Å². The third kappa shape index (κ3) is 3.18. The van der Waals surface area contributed by atoms with Crippen LogP contribution in [0.3, 0.4) is 0 Å². The van der Waals surface area contributed by atoms with Crippen molar-refractivity contribution in [1.29, 1.82) is 5.39 Å². The standard InChI is InChI=1S/C12H19N4O3S/c1-9-7-11(19-3)12(8-10(9)2)20(17,18)16(15-14)6-4-5-13/h7-8H,4-6,13H2,1-3H3/q+1. The van der Waals surface area contributed by atoms with Crippen molar-refractivity contribution in [3.63, 3.8) is 0 Å². The van der Waals surface area contributed by atoms with Gasteiger partial charge in [0.25, 0.3) is 5.39 Å². The van der Waals surface area contributed by atoms with Gasteiger partial charge in [-0.3, -0.25) is 0 Å². The second-order valence-electron chi connectivity index (χ2n) is 4.37. The van der Waals surface area contributed by atoms with Gasteiger partial charge in [0.15, 0.2) is 0 Å². The molecule has 0 aliphatic carbocycles. The fourth-order valence-electron chi connectivity index (χ4n) is 1.68. The first-order chi connectivity index (χ1) is 9.38. The van der Waals surface area contributed by atoms with Gasteiger partial charge in [0.05, 0.1) is 11.5 Å². The number of diazo groups is 1. The molecule has 0 fully saturated rings. The van der Waals surface area contributed by atoms with Crippen molar-refractivity contribution in [1.82, 2.24) is 4.41 Å². The molecule has 1 rings (SSSR count). The van der Waals surface area contributed by atoms with Crippen LogP contribution in [0.4, 0.5) is 0 Å². The van der Waals surface area contributed by atoms with Gasteiger partial charge in [0.2, 0.25) is 0 Å². The van der Waals surface area contributed by atoms with E-state index >= 15 is 0 Å². The summed E-state index contributed by atoms with van der Waals surface area (Å²) >= 11 is 0. The zero-order valence-electron chi connectivity index (χ0n) is 11.8. The maximum atomic E-state index is 12.5. The van der Waals surface area contributed by atoms with Crippen LogP contribution in [0.5, 0.6) is 5.75 Å². The fraction of sp³-hybridized carbons (Fsp3) is 0.500. The number of rotatable bonds is 6. The topological polar surface area (TPSA) is 101 Å². The highest BCUT2D eigenvalue weighted by Crippen LogP contribution is 2.30. The summed E-state index contributed by atoms with van der Waals surface area (Å²) in [5, 5.41) is 11.8. The molecule has 0 radical (unpaired) electrons. The first-order valence-electron chi connectivity index (χ1n) is 6.11.